The van der Waals surface area contributed by atoms with Gasteiger partial charge in [0.25, 0.3) is 5.91 Å². The molecular weight excluding hydrogens is 330 g/mol. The summed E-state index contributed by atoms with van der Waals surface area (Å²) in [5.74, 6) is 0.559. The van der Waals surface area contributed by atoms with Crippen LogP contribution in [0.2, 0.25) is 5.02 Å². The number of pyridine rings is 1. The molecule has 0 saturated heterocycles. The maximum Gasteiger partial charge on any atom is 0.274 e. The minimum Gasteiger partial charge on any atom is -0.495 e. The molecule has 1 aromatic carbocycles. The van der Waals surface area contributed by atoms with E-state index in [1.807, 2.05) is 6.07 Å². The van der Waals surface area contributed by atoms with Crippen molar-refractivity contribution >= 4 is 28.9 Å². The lowest BCUT2D eigenvalue weighted by atomic mass is 10.2. The van der Waals surface area contributed by atoms with Crippen LogP contribution in [0.15, 0.2) is 30.5 Å². The summed E-state index contributed by atoms with van der Waals surface area (Å²) < 4.78 is 10.4. The number of aromatic nitrogens is 1. The number of carbonyl (C=O) groups is 1. The number of halogens is 1. The van der Waals surface area contributed by atoms with Crippen LogP contribution in [-0.2, 0) is 0 Å². The van der Waals surface area contributed by atoms with Gasteiger partial charge in [-0.2, -0.15) is 0 Å². The van der Waals surface area contributed by atoms with E-state index < -0.39 is 0 Å². The first-order valence-corrected chi connectivity index (χ1v) is 7.94. The van der Waals surface area contributed by atoms with Gasteiger partial charge in [0.1, 0.15) is 17.2 Å². The molecular formula is C17H18ClN3O3. The zero-order chi connectivity index (χ0) is 17.1. The Kier molecular flexibility index (Phi) is 4.76. The van der Waals surface area contributed by atoms with E-state index in [1.54, 1.807) is 24.4 Å². The fourth-order valence-corrected chi connectivity index (χ4v) is 2.48. The number of methoxy groups -OCH3 is 2. The van der Waals surface area contributed by atoms with E-state index in [1.165, 1.54) is 14.2 Å². The first-order chi connectivity index (χ1) is 11.6. The third-order valence-corrected chi connectivity index (χ3v) is 3.96. The van der Waals surface area contributed by atoms with Gasteiger partial charge in [0.2, 0.25) is 0 Å². The molecule has 1 saturated carbocycles. The fourth-order valence-electron chi connectivity index (χ4n) is 2.25. The molecule has 2 aromatic rings. The van der Waals surface area contributed by atoms with Gasteiger partial charge in [0.15, 0.2) is 0 Å². The number of benzene rings is 1. The lowest BCUT2D eigenvalue weighted by Crippen LogP contribution is -2.15. The number of anilines is 2. The molecule has 3 rings (SSSR count). The van der Waals surface area contributed by atoms with Crippen LogP contribution in [-0.4, -0.2) is 31.2 Å². The average molecular weight is 348 g/mol. The zero-order valence-electron chi connectivity index (χ0n) is 13.4. The summed E-state index contributed by atoms with van der Waals surface area (Å²) in [5, 5.41) is 6.53. The van der Waals surface area contributed by atoms with E-state index in [-0.39, 0.29) is 5.91 Å². The third-order valence-electron chi connectivity index (χ3n) is 3.66. The van der Waals surface area contributed by atoms with Crippen LogP contribution < -0.4 is 20.1 Å². The standard InChI is InChI=1S/C17H18ClN3O3/c1-23-15-9-13(16(24-2)8-12(15)18)21-17(22)14-7-11(5-6-19-14)20-10-3-4-10/h5-10H,3-4H2,1-2H3,(H,19,20)(H,21,22). The Morgan fingerprint density at radius 3 is 2.62 bits per heavy atom. The average Bonchev–Trinajstić information content (AvgIpc) is 3.40. The number of carbonyl (C=O) groups excluding carboxylic acids is 1. The van der Waals surface area contributed by atoms with Crippen LogP contribution in [0.1, 0.15) is 23.3 Å². The van der Waals surface area contributed by atoms with Crippen LogP contribution in [0.4, 0.5) is 11.4 Å². The largest absolute Gasteiger partial charge is 0.495 e. The van der Waals surface area contributed by atoms with Gasteiger partial charge in [-0.25, -0.2) is 0 Å². The summed E-state index contributed by atoms with van der Waals surface area (Å²) in [6.07, 6.45) is 3.93. The molecule has 0 aliphatic heterocycles. The molecule has 1 amide bonds. The van der Waals surface area contributed by atoms with E-state index in [2.05, 4.69) is 15.6 Å². The van der Waals surface area contributed by atoms with Gasteiger partial charge in [-0.05, 0) is 25.0 Å². The highest BCUT2D eigenvalue weighted by Gasteiger charge is 2.21. The number of nitrogens with one attached hydrogen (secondary N) is 2. The normalized spacial score (nSPS) is 13.3. The van der Waals surface area contributed by atoms with E-state index in [4.69, 9.17) is 21.1 Å². The Balaban J connectivity index is 1.81. The van der Waals surface area contributed by atoms with Crippen LogP contribution in [0.5, 0.6) is 11.5 Å². The Bertz CT molecular complexity index is 763. The van der Waals surface area contributed by atoms with Crippen molar-refractivity contribution in [1.82, 2.24) is 4.98 Å². The highest BCUT2D eigenvalue weighted by atomic mass is 35.5. The Hall–Kier alpha value is -2.47. The molecule has 2 N–H and O–H groups in total. The molecule has 1 aromatic heterocycles. The molecule has 126 valence electrons. The number of amides is 1. The lowest BCUT2D eigenvalue weighted by molar-refractivity contribution is 0.102. The third kappa shape index (κ3) is 3.71. The Labute approximate surface area is 145 Å². The van der Waals surface area contributed by atoms with Gasteiger partial charge < -0.3 is 20.1 Å². The smallest absolute Gasteiger partial charge is 0.274 e. The summed E-state index contributed by atoms with van der Waals surface area (Å²) >= 11 is 6.07. The van der Waals surface area contributed by atoms with E-state index in [9.17, 15) is 4.79 Å². The second-order valence-corrected chi connectivity index (χ2v) is 5.90. The molecule has 0 bridgehead atoms. The molecule has 0 radical (unpaired) electrons. The highest BCUT2D eigenvalue weighted by Crippen LogP contribution is 2.36. The molecule has 1 aliphatic carbocycles. The van der Waals surface area contributed by atoms with Crippen molar-refractivity contribution in [2.75, 3.05) is 24.9 Å². The summed E-state index contributed by atoms with van der Waals surface area (Å²) in [6, 6.07) is 7.29. The molecule has 0 atom stereocenters. The Morgan fingerprint density at radius 1 is 1.21 bits per heavy atom. The number of hydrogen-bond donors (Lipinski definition) is 2. The first-order valence-electron chi connectivity index (χ1n) is 7.56. The number of ether oxygens (including phenoxy) is 2. The summed E-state index contributed by atoms with van der Waals surface area (Å²) in [6.45, 7) is 0. The summed E-state index contributed by atoms with van der Waals surface area (Å²) in [4.78, 5) is 16.6. The van der Waals surface area contributed by atoms with Gasteiger partial charge in [-0.15, -0.1) is 0 Å². The topological polar surface area (TPSA) is 72.5 Å². The van der Waals surface area contributed by atoms with Gasteiger partial charge in [0, 0.05) is 30.1 Å². The van der Waals surface area contributed by atoms with Gasteiger partial charge in [-0.1, -0.05) is 11.6 Å². The quantitative estimate of drug-likeness (QED) is 0.835. The van der Waals surface area contributed by atoms with Crippen molar-refractivity contribution in [3.05, 3.63) is 41.2 Å². The van der Waals surface area contributed by atoms with Crippen molar-refractivity contribution in [2.24, 2.45) is 0 Å². The molecule has 0 unspecified atom stereocenters. The minimum atomic E-state index is -0.336. The van der Waals surface area contributed by atoms with Crippen LogP contribution in [0.25, 0.3) is 0 Å². The first kappa shape index (κ1) is 16.4. The van der Waals surface area contributed by atoms with E-state index in [0.717, 1.165) is 18.5 Å². The highest BCUT2D eigenvalue weighted by molar-refractivity contribution is 6.32. The fraction of sp³-hybridized carbons (Fsp3) is 0.294. The van der Waals surface area contributed by atoms with E-state index >= 15 is 0 Å². The van der Waals surface area contributed by atoms with Gasteiger partial charge in [0.05, 0.1) is 24.9 Å². The van der Waals surface area contributed by atoms with Gasteiger partial charge in [-0.3, -0.25) is 9.78 Å². The zero-order valence-corrected chi connectivity index (χ0v) is 14.2. The number of rotatable bonds is 6. The molecule has 1 fully saturated rings. The maximum absolute atomic E-state index is 12.5. The van der Waals surface area contributed by atoms with Crippen LogP contribution >= 0.6 is 11.6 Å². The lowest BCUT2D eigenvalue weighted by Gasteiger charge is -2.13. The molecule has 6 nitrogen and oxygen atoms in total. The van der Waals surface area contributed by atoms with E-state index in [0.29, 0.717) is 33.9 Å². The number of nitrogens with zero attached hydrogens (tertiary/aromatic N) is 1. The van der Waals surface area contributed by atoms with Crippen LogP contribution in [0.3, 0.4) is 0 Å². The minimum absolute atomic E-state index is 0.316. The van der Waals surface area contributed by atoms with Crippen molar-refractivity contribution < 1.29 is 14.3 Å². The molecule has 24 heavy (non-hydrogen) atoms. The van der Waals surface area contributed by atoms with Crippen LogP contribution in [0, 0.1) is 0 Å². The SMILES string of the molecule is COc1cc(NC(=O)c2cc(NC3CC3)ccn2)c(OC)cc1Cl. The van der Waals surface area contributed by atoms with Crippen molar-refractivity contribution in [2.45, 2.75) is 18.9 Å². The number of hydrogen-bond acceptors (Lipinski definition) is 5. The second-order valence-electron chi connectivity index (χ2n) is 5.49. The second kappa shape index (κ2) is 6.97. The molecule has 0 spiro atoms. The van der Waals surface area contributed by atoms with Crippen molar-refractivity contribution in [3.63, 3.8) is 0 Å². The molecule has 7 heteroatoms. The van der Waals surface area contributed by atoms with Crippen molar-refractivity contribution in [3.8, 4) is 11.5 Å². The Morgan fingerprint density at radius 2 is 1.96 bits per heavy atom. The summed E-state index contributed by atoms with van der Waals surface area (Å²) in [5.41, 5.74) is 1.67. The predicted octanol–water partition coefficient (Wildman–Crippen LogP) is 3.58. The van der Waals surface area contributed by atoms with Gasteiger partial charge >= 0.3 is 0 Å². The monoisotopic (exact) mass is 347 g/mol. The summed E-state index contributed by atoms with van der Waals surface area (Å²) in [7, 11) is 3.01. The maximum atomic E-state index is 12.5. The van der Waals surface area contributed by atoms with Crippen molar-refractivity contribution in [1.29, 1.82) is 0 Å². The molecule has 1 aliphatic rings. The predicted molar refractivity (Wildman–Crippen MR) is 93.4 cm³/mol. The molecule has 1 heterocycles.